The van der Waals surface area contributed by atoms with Crippen LogP contribution in [0, 0.1) is 5.92 Å². The molecule has 0 aliphatic heterocycles. The van der Waals surface area contributed by atoms with E-state index in [0.29, 0.717) is 35.3 Å². The average Bonchev–Trinajstić information content (AvgIpc) is 3.25. The van der Waals surface area contributed by atoms with Gasteiger partial charge in [0.25, 0.3) is 0 Å². The molecule has 1 aliphatic rings. The van der Waals surface area contributed by atoms with Crippen LogP contribution in [0.25, 0.3) is 6.08 Å². The van der Waals surface area contributed by atoms with Gasteiger partial charge in [0, 0.05) is 11.4 Å². The second kappa shape index (κ2) is 12.9. The normalized spacial score (nSPS) is 14.0. The van der Waals surface area contributed by atoms with Crippen LogP contribution in [-0.2, 0) is 16.2 Å². The summed E-state index contributed by atoms with van der Waals surface area (Å²) in [7, 11) is 0. The molecule has 1 N–H and O–H groups in total. The molecule has 0 radical (unpaired) electrons. The maximum absolute atomic E-state index is 12.1. The molecule has 0 aromatic heterocycles. The number of carbonyl (C=O) groups is 2. The van der Waals surface area contributed by atoms with E-state index in [4.69, 9.17) is 16.3 Å². The van der Waals surface area contributed by atoms with Crippen molar-refractivity contribution in [2.75, 3.05) is 0 Å². The standard InChI is InChI=1S/C24H26ClNO4.Na/c25-20-7-3-6-19(14-20)16-30-21-11-8-18(9-12-21)15-22(24(28)29)26-23(27)13-10-17-4-1-2-5-17;/h3,6-9,11-12,14-15,17H,1-2,4-5,10,13,16H2,(H,26,27)(H,28,29);/q;+1/p-1/b22-15-;. The molecule has 1 fully saturated rings. The Morgan fingerprint density at radius 2 is 1.84 bits per heavy atom. The maximum Gasteiger partial charge on any atom is 1.00 e. The molecule has 2 aromatic carbocycles. The van der Waals surface area contributed by atoms with E-state index in [1.165, 1.54) is 18.9 Å². The van der Waals surface area contributed by atoms with E-state index in [-0.39, 0.29) is 41.2 Å². The smallest absolute Gasteiger partial charge is 0.543 e. The fourth-order valence-electron chi connectivity index (χ4n) is 3.61. The summed E-state index contributed by atoms with van der Waals surface area (Å²) in [5.74, 6) is -0.488. The molecule has 1 aliphatic carbocycles. The average molecular weight is 450 g/mol. The van der Waals surface area contributed by atoms with Gasteiger partial charge in [0.1, 0.15) is 12.4 Å². The zero-order chi connectivity index (χ0) is 21.3. The van der Waals surface area contributed by atoms with Gasteiger partial charge in [0.05, 0.1) is 11.7 Å². The van der Waals surface area contributed by atoms with Gasteiger partial charge in [-0.05, 0) is 53.8 Å². The summed E-state index contributed by atoms with van der Waals surface area (Å²) in [5.41, 5.74) is 1.34. The summed E-state index contributed by atoms with van der Waals surface area (Å²) in [6.07, 6.45) is 7.26. The number of ether oxygens (including phenoxy) is 1. The molecule has 0 spiro atoms. The van der Waals surface area contributed by atoms with Crippen LogP contribution in [0.15, 0.2) is 54.2 Å². The number of nitrogens with one attached hydrogen (secondary N) is 1. The van der Waals surface area contributed by atoms with Crippen molar-refractivity contribution in [3.05, 3.63) is 70.4 Å². The monoisotopic (exact) mass is 449 g/mol. The minimum atomic E-state index is -1.41. The van der Waals surface area contributed by atoms with Gasteiger partial charge >= 0.3 is 29.6 Å². The minimum absolute atomic E-state index is 0. The van der Waals surface area contributed by atoms with Crippen molar-refractivity contribution in [1.29, 1.82) is 0 Å². The van der Waals surface area contributed by atoms with E-state index in [2.05, 4.69) is 5.32 Å². The van der Waals surface area contributed by atoms with Gasteiger partial charge in [-0.2, -0.15) is 0 Å². The molecule has 1 saturated carbocycles. The van der Waals surface area contributed by atoms with Gasteiger partial charge in [-0.1, -0.05) is 61.5 Å². The van der Waals surface area contributed by atoms with Gasteiger partial charge in [0.15, 0.2) is 0 Å². The van der Waals surface area contributed by atoms with Gasteiger partial charge in [-0.3, -0.25) is 4.79 Å². The van der Waals surface area contributed by atoms with Crippen LogP contribution in [0.1, 0.15) is 49.7 Å². The second-order valence-corrected chi connectivity index (χ2v) is 8.01. The fourth-order valence-corrected chi connectivity index (χ4v) is 3.83. The van der Waals surface area contributed by atoms with Crippen LogP contribution in [0.5, 0.6) is 5.75 Å². The minimum Gasteiger partial charge on any atom is -0.543 e. The van der Waals surface area contributed by atoms with Gasteiger partial charge < -0.3 is 20.0 Å². The largest absolute Gasteiger partial charge is 1.00 e. The van der Waals surface area contributed by atoms with Crippen molar-refractivity contribution in [3.8, 4) is 5.75 Å². The summed E-state index contributed by atoms with van der Waals surface area (Å²) in [4.78, 5) is 23.6. The Labute approximate surface area is 210 Å². The van der Waals surface area contributed by atoms with Gasteiger partial charge in [-0.15, -0.1) is 0 Å². The third kappa shape index (κ3) is 8.69. The first kappa shape index (κ1) is 25.5. The SMILES string of the molecule is O=C(CCC1CCCC1)N/C(=C\c1ccc(OCc2cccc(Cl)c2)cc1)C(=O)[O-].[Na+]. The van der Waals surface area contributed by atoms with Crippen LogP contribution >= 0.6 is 11.6 Å². The Morgan fingerprint density at radius 3 is 2.48 bits per heavy atom. The molecular weight excluding hydrogens is 425 g/mol. The quantitative estimate of drug-likeness (QED) is 0.459. The van der Waals surface area contributed by atoms with Crippen LogP contribution in [0.3, 0.4) is 0 Å². The van der Waals surface area contributed by atoms with Crippen LogP contribution in [0.4, 0.5) is 0 Å². The molecule has 5 nitrogen and oxygen atoms in total. The molecule has 3 rings (SSSR count). The van der Waals surface area contributed by atoms with Gasteiger partial charge in [0.2, 0.25) is 5.91 Å². The van der Waals surface area contributed by atoms with Crippen molar-refractivity contribution in [2.45, 2.75) is 45.1 Å². The molecule has 0 bridgehead atoms. The first-order valence-corrected chi connectivity index (χ1v) is 10.6. The van der Waals surface area contributed by atoms with Crippen molar-refractivity contribution < 1.29 is 49.0 Å². The Hall–Kier alpha value is -1.79. The zero-order valence-corrected chi connectivity index (χ0v) is 20.5. The van der Waals surface area contributed by atoms with Crippen molar-refractivity contribution in [2.24, 2.45) is 5.92 Å². The van der Waals surface area contributed by atoms with Crippen molar-refractivity contribution in [3.63, 3.8) is 0 Å². The number of halogens is 1. The first-order chi connectivity index (χ1) is 14.5. The zero-order valence-electron chi connectivity index (χ0n) is 17.7. The van der Waals surface area contributed by atoms with Crippen LogP contribution < -0.4 is 44.7 Å². The molecule has 0 heterocycles. The summed E-state index contributed by atoms with van der Waals surface area (Å²) in [6.45, 7) is 0.372. The molecular formula is C24H25ClNNaO4. The maximum atomic E-state index is 12.1. The van der Waals surface area contributed by atoms with E-state index in [1.807, 2.05) is 18.2 Å². The summed E-state index contributed by atoms with van der Waals surface area (Å²) < 4.78 is 5.72. The predicted octanol–water partition coefficient (Wildman–Crippen LogP) is 1.10. The van der Waals surface area contributed by atoms with E-state index in [0.717, 1.165) is 24.8 Å². The number of hydrogen-bond donors (Lipinski definition) is 1. The number of rotatable bonds is 9. The Kier molecular flexibility index (Phi) is 10.6. The Morgan fingerprint density at radius 1 is 1.13 bits per heavy atom. The second-order valence-electron chi connectivity index (χ2n) is 7.57. The van der Waals surface area contributed by atoms with E-state index >= 15 is 0 Å². The molecule has 31 heavy (non-hydrogen) atoms. The van der Waals surface area contributed by atoms with Crippen molar-refractivity contribution >= 4 is 29.6 Å². The summed E-state index contributed by atoms with van der Waals surface area (Å²) in [5, 5.41) is 14.5. The molecule has 2 aromatic rings. The van der Waals surface area contributed by atoms with E-state index in [9.17, 15) is 14.7 Å². The Balaban J connectivity index is 0.00000341. The number of carboxylic acids is 1. The molecule has 1 amide bonds. The number of carbonyl (C=O) groups excluding carboxylic acids is 2. The van der Waals surface area contributed by atoms with Gasteiger partial charge in [-0.25, -0.2) is 0 Å². The molecule has 0 unspecified atom stereocenters. The molecule has 0 atom stereocenters. The number of hydrogen-bond acceptors (Lipinski definition) is 4. The van der Waals surface area contributed by atoms with Crippen LogP contribution in [0.2, 0.25) is 5.02 Å². The topological polar surface area (TPSA) is 78.5 Å². The fraction of sp³-hybridized carbons (Fsp3) is 0.333. The first-order valence-electron chi connectivity index (χ1n) is 10.2. The van der Waals surface area contributed by atoms with Crippen LogP contribution in [-0.4, -0.2) is 11.9 Å². The number of carboxylic acid groups (broad SMARTS) is 1. The van der Waals surface area contributed by atoms with E-state index < -0.39 is 5.97 Å². The predicted molar refractivity (Wildman–Crippen MR) is 115 cm³/mol. The third-order valence-electron chi connectivity index (χ3n) is 5.23. The Bertz CT molecular complexity index is 908. The summed E-state index contributed by atoms with van der Waals surface area (Å²) >= 11 is 5.96. The third-order valence-corrected chi connectivity index (χ3v) is 5.47. The molecule has 7 heteroatoms. The number of amides is 1. The van der Waals surface area contributed by atoms with Crippen molar-refractivity contribution in [1.82, 2.24) is 5.32 Å². The summed E-state index contributed by atoms with van der Waals surface area (Å²) in [6, 6.07) is 14.3. The molecule has 0 saturated heterocycles. The van der Waals surface area contributed by atoms with E-state index in [1.54, 1.807) is 30.3 Å². The number of aliphatic carboxylic acids is 1. The number of benzene rings is 2. The molecule has 158 valence electrons.